The lowest BCUT2D eigenvalue weighted by atomic mass is 10.1. The number of pyridine rings is 1. The number of anilines is 4. The van der Waals surface area contributed by atoms with Crippen molar-refractivity contribution in [2.75, 3.05) is 29.5 Å². The van der Waals surface area contributed by atoms with Crippen LogP contribution in [0.5, 0.6) is 11.5 Å². The number of nitrogens with one attached hydrogen (secondary N) is 3. The number of fused-ring (bicyclic) bond motifs is 1. The minimum atomic E-state index is -0.281. The van der Waals surface area contributed by atoms with Gasteiger partial charge < -0.3 is 25.6 Å². The summed E-state index contributed by atoms with van der Waals surface area (Å²) >= 11 is 3.42. The summed E-state index contributed by atoms with van der Waals surface area (Å²) in [5, 5.41) is 9.92. The van der Waals surface area contributed by atoms with Gasteiger partial charge in [-0.25, -0.2) is 19.7 Å². The first-order chi connectivity index (χ1) is 22.2. The Labute approximate surface area is 276 Å². The molecule has 5 rings (SSSR count). The molecule has 0 radical (unpaired) electrons. The predicted octanol–water partition coefficient (Wildman–Crippen LogP) is 8.96. The van der Waals surface area contributed by atoms with Crippen LogP contribution in [0.3, 0.4) is 0 Å². The van der Waals surface area contributed by atoms with Gasteiger partial charge in [-0.3, -0.25) is 4.79 Å². The van der Waals surface area contributed by atoms with E-state index in [0.29, 0.717) is 52.1 Å². The third-order valence-electron chi connectivity index (χ3n) is 7.23. The molecule has 3 N–H and O–H groups in total. The highest BCUT2D eigenvalue weighted by atomic mass is 79.9. The zero-order chi connectivity index (χ0) is 32.6. The van der Waals surface area contributed by atoms with Gasteiger partial charge in [-0.05, 0) is 91.2 Å². The van der Waals surface area contributed by atoms with E-state index in [-0.39, 0.29) is 17.9 Å². The lowest BCUT2D eigenvalue weighted by molar-refractivity contribution is 0.102. The number of hydrogen-bond donors (Lipinski definition) is 3. The molecule has 2 heterocycles. The van der Waals surface area contributed by atoms with Gasteiger partial charge in [0.2, 0.25) is 0 Å². The lowest BCUT2D eigenvalue weighted by Gasteiger charge is -2.18. The molecule has 0 saturated heterocycles. The number of rotatable bonds is 11. The average Bonchev–Trinajstić information content (AvgIpc) is 3.06. The predicted molar refractivity (Wildman–Crippen MR) is 186 cm³/mol. The van der Waals surface area contributed by atoms with Gasteiger partial charge in [0, 0.05) is 40.7 Å². The van der Waals surface area contributed by atoms with E-state index in [1.165, 1.54) is 6.33 Å². The maximum absolute atomic E-state index is 13.3. The SMILES string of the molecule is CCCCN(C)C(=O)Nc1ccc(Oc2ccc(C(=O)Nc3ccc(Br)cc3)cc2Nc2ncnc3nc(C(C)C)ccc23)cc1. The Bertz CT molecular complexity index is 1830. The second-order valence-corrected chi connectivity index (χ2v) is 12.0. The van der Waals surface area contributed by atoms with Crippen molar-refractivity contribution >= 4 is 61.8 Å². The zero-order valence-corrected chi connectivity index (χ0v) is 27.8. The van der Waals surface area contributed by atoms with Gasteiger partial charge in [-0.2, -0.15) is 0 Å². The highest BCUT2D eigenvalue weighted by molar-refractivity contribution is 9.10. The van der Waals surface area contributed by atoms with Gasteiger partial charge in [0.15, 0.2) is 11.4 Å². The van der Waals surface area contributed by atoms with E-state index in [1.54, 1.807) is 54.4 Å². The number of halogens is 1. The Morgan fingerprint density at radius 1 is 0.913 bits per heavy atom. The van der Waals surface area contributed by atoms with Crippen LogP contribution in [-0.4, -0.2) is 45.4 Å². The van der Waals surface area contributed by atoms with E-state index >= 15 is 0 Å². The van der Waals surface area contributed by atoms with Crippen LogP contribution in [0.25, 0.3) is 11.0 Å². The molecular formula is C35H36BrN7O3. The van der Waals surface area contributed by atoms with Crippen LogP contribution in [0.15, 0.2) is 89.7 Å². The summed E-state index contributed by atoms with van der Waals surface area (Å²) in [6.45, 7) is 6.94. The topological polar surface area (TPSA) is 121 Å². The Balaban J connectivity index is 1.42. The highest BCUT2D eigenvalue weighted by Crippen LogP contribution is 2.35. The minimum Gasteiger partial charge on any atom is -0.455 e. The number of nitrogens with zero attached hydrogens (tertiary/aromatic N) is 4. The van der Waals surface area contributed by atoms with Crippen molar-refractivity contribution in [1.82, 2.24) is 19.9 Å². The number of hydrogen-bond acceptors (Lipinski definition) is 7. The van der Waals surface area contributed by atoms with Crippen molar-refractivity contribution in [1.29, 1.82) is 0 Å². The van der Waals surface area contributed by atoms with Crippen LogP contribution in [0.4, 0.5) is 27.7 Å². The number of aromatic nitrogens is 3. The Hall–Kier alpha value is -5.03. The Morgan fingerprint density at radius 3 is 2.35 bits per heavy atom. The van der Waals surface area contributed by atoms with E-state index in [2.05, 4.69) is 62.6 Å². The number of benzene rings is 3. The summed E-state index contributed by atoms with van der Waals surface area (Å²) in [5.74, 6) is 1.50. The molecule has 0 spiro atoms. The van der Waals surface area contributed by atoms with Crippen LogP contribution in [0.2, 0.25) is 0 Å². The van der Waals surface area contributed by atoms with Crippen LogP contribution in [0.1, 0.15) is 55.6 Å². The third-order valence-corrected chi connectivity index (χ3v) is 7.76. The van der Waals surface area contributed by atoms with Gasteiger partial charge in [-0.15, -0.1) is 0 Å². The zero-order valence-electron chi connectivity index (χ0n) is 26.2. The quantitative estimate of drug-likeness (QED) is 0.127. The number of carbonyl (C=O) groups excluding carboxylic acids is 2. The van der Waals surface area contributed by atoms with Crippen molar-refractivity contribution in [3.63, 3.8) is 0 Å². The molecule has 2 aromatic heterocycles. The third kappa shape index (κ3) is 8.16. The summed E-state index contributed by atoms with van der Waals surface area (Å²) in [6.07, 6.45) is 3.41. The fourth-order valence-corrected chi connectivity index (χ4v) is 4.81. The molecule has 10 nitrogen and oxygen atoms in total. The minimum absolute atomic E-state index is 0.169. The molecule has 0 fully saturated rings. The maximum Gasteiger partial charge on any atom is 0.321 e. The van der Waals surface area contributed by atoms with Gasteiger partial charge in [0.1, 0.15) is 17.9 Å². The van der Waals surface area contributed by atoms with Gasteiger partial charge in [0.25, 0.3) is 5.91 Å². The molecule has 0 atom stereocenters. The highest BCUT2D eigenvalue weighted by Gasteiger charge is 2.16. The first-order valence-electron chi connectivity index (χ1n) is 15.1. The van der Waals surface area contributed by atoms with Crippen LogP contribution >= 0.6 is 15.9 Å². The number of unbranched alkanes of at least 4 members (excludes halogenated alkanes) is 1. The number of ether oxygens (including phenoxy) is 1. The molecule has 0 saturated carbocycles. The van der Waals surface area contributed by atoms with E-state index in [0.717, 1.165) is 28.4 Å². The first-order valence-corrected chi connectivity index (χ1v) is 15.9. The van der Waals surface area contributed by atoms with Crippen molar-refractivity contribution in [2.24, 2.45) is 0 Å². The summed E-state index contributed by atoms with van der Waals surface area (Å²) in [7, 11) is 1.78. The van der Waals surface area contributed by atoms with Gasteiger partial charge in [-0.1, -0.05) is 43.1 Å². The molecule has 5 aromatic rings. The second kappa shape index (κ2) is 14.8. The lowest BCUT2D eigenvalue weighted by Crippen LogP contribution is -2.32. The molecular weight excluding hydrogens is 646 g/mol. The molecule has 0 aliphatic rings. The van der Waals surface area contributed by atoms with Gasteiger partial charge in [0.05, 0.1) is 11.1 Å². The van der Waals surface area contributed by atoms with E-state index in [9.17, 15) is 9.59 Å². The summed E-state index contributed by atoms with van der Waals surface area (Å²) in [6, 6.07) is 23.4. The molecule has 3 aromatic carbocycles. The van der Waals surface area contributed by atoms with Crippen molar-refractivity contribution in [2.45, 2.75) is 39.5 Å². The molecule has 236 valence electrons. The summed E-state index contributed by atoms with van der Waals surface area (Å²) in [4.78, 5) is 41.0. The number of amides is 3. The average molecular weight is 683 g/mol. The molecule has 0 unspecified atom stereocenters. The van der Waals surface area contributed by atoms with E-state index < -0.39 is 0 Å². The van der Waals surface area contributed by atoms with Crippen LogP contribution in [0, 0.1) is 0 Å². The largest absolute Gasteiger partial charge is 0.455 e. The molecule has 0 aliphatic carbocycles. The summed E-state index contributed by atoms with van der Waals surface area (Å²) < 4.78 is 7.21. The smallest absolute Gasteiger partial charge is 0.321 e. The summed E-state index contributed by atoms with van der Waals surface area (Å²) in [5.41, 5.74) is 3.75. The molecule has 0 bridgehead atoms. The molecule has 3 amide bonds. The fourth-order valence-electron chi connectivity index (χ4n) is 4.55. The number of carbonyl (C=O) groups is 2. The van der Waals surface area contributed by atoms with Crippen molar-refractivity contribution < 1.29 is 14.3 Å². The van der Waals surface area contributed by atoms with Crippen molar-refractivity contribution in [3.05, 3.63) is 101 Å². The second-order valence-electron chi connectivity index (χ2n) is 11.1. The first kappa shape index (κ1) is 32.4. The fraction of sp³-hybridized carbons (Fsp3) is 0.229. The van der Waals surface area contributed by atoms with Gasteiger partial charge >= 0.3 is 6.03 Å². The molecule has 0 aliphatic heterocycles. The van der Waals surface area contributed by atoms with Crippen LogP contribution < -0.4 is 20.7 Å². The van der Waals surface area contributed by atoms with Crippen molar-refractivity contribution in [3.8, 4) is 11.5 Å². The van der Waals surface area contributed by atoms with E-state index in [1.807, 2.05) is 36.4 Å². The monoisotopic (exact) mass is 681 g/mol. The van der Waals surface area contributed by atoms with E-state index in [4.69, 9.17) is 9.72 Å². The Kier molecular flexibility index (Phi) is 10.4. The maximum atomic E-state index is 13.3. The van der Waals surface area contributed by atoms with Crippen LogP contribution in [-0.2, 0) is 0 Å². The number of urea groups is 1. The Morgan fingerprint density at radius 2 is 1.63 bits per heavy atom. The molecule has 11 heteroatoms. The normalized spacial score (nSPS) is 10.9. The molecule has 46 heavy (non-hydrogen) atoms. The standard InChI is InChI=1S/C35H36BrN7O3/c1-5-6-19-43(4)35(45)40-26-12-14-27(15-13-26)46-31-18-7-23(34(44)39-25-10-8-24(36)9-11-25)20-30(31)42-33-28-16-17-29(22(2)3)41-32(28)37-21-38-33/h7-18,20-22H,5-6,19H2,1-4H3,(H,39,44)(H,40,45)(H,37,38,41,42).